The molecular formula is C12H20N4O. The third-order valence-electron chi connectivity index (χ3n) is 3.27. The van der Waals surface area contributed by atoms with Crippen LogP contribution < -0.4 is 5.32 Å². The van der Waals surface area contributed by atoms with Crippen molar-refractivity contribution in [2.24, 2.45) is 0 Å². The fraction of sp³-hybridized carbons (Fsp3) is 0.667. The van der Waals surface area contributed by atoms with Crippen molar-refractivity contribution in [2.75, 3.05) is 20.1 Å². The summed E-state index contributed by atoms with van der Waals surface area (Å²) in [5.74, 6) is 0.177. The zero-order valence-electron chi connectivity index (χ0n) is 10.5. The van der Waals surface area contributed by atoms with E-state index in [0.29, 0.717) is 12.5 Å². The number of rotatable bonds is 3. The third-order valence-corrected chi connectivity index (χ3v) is 3.27. The van der Waals surface area contributed by atoms with Gasteiger partial charge in [-0.25, -0.2) is 0 Å². The molecule has 0 saturated carbocycles. The quantitative estimate of drug-likeness (QED) is 0.802. The van der Waals surface area contributed by atoms with Crippen LogP contribution in [0.4, 0.5) is 0 Å². The second-order valence-electron chi connectivity index (χ2n) is 4.69. The summed E-state index contributed by atoms with van der Waals surface area (Å²) in [5.41, 5.74) is 1.83. The number of piperidine rings is 1. The number of aromatic nitrogens is 2. The van der Waals surface area contributed by atoms with Gasteiger partial charge in [0, 0.05) is 24.8 Å². The first-order valence-corrected chi connectivity index (χ1v) is 6.15. The van der Waals surface area contributed by atoms with Crippen LogP contribution in [0.3, 0.4) is 0 Å². The molecule has 0 spiro atoms. The minimum absolute atomic E-state index is 0.177. The lowest BCUT2D eigenvalue weighted by Crippen LogP contribution is -2.47. The van der Waals surface area contributed by atoms with Crippen molar-refractivity contribution in [1.29, 1.82) is 0 Å². The molecule has 1 aromatic rings. The molecule has 1 atom stereocenters. The van der Waals surface area contributed by atoms with Crippen LogP contribution >= 0.6 is 0 Å². The topological polar surface area (TPSA) is 61.0 Å². The van der Waals surface area contributed by atoms with E-state index in [4.69, 9.17) is 0 Å². The number of carbonyl (C=O) groups is 1. The van der Waals surface area contributed by atoms with Crippen molar-refractivity contribution >= 4 is 5.91 Å². The number of aryl methyl sites for hydroxylation is 1. The van der Waals surface area contributed by atoms with Gasteiger partial charge in [-0.3, -0.25) is 9.89 Å². The van der Waals surface area contributed by atoms with Crippen LogP contribution in [-0.2, 0) is 11.2 Å². The zero-order valence-corrected chi connectivity index (χ0v) is 10.5. The van der Waals surface area contributed by atoms with E-state index in [9.17, 15) is 4.79 Å². The summed E-state index contributed by atoms with van der Waals surface area (Å²) in [6.07, 6.45) is 2.64. The van der Waals surface area contributed by atoms with Crippen molar-refractivity contribution in [1.82, 2.24) is 20.4 Å². The predicted molar refractivity (Wildman–Crippen MR) is 65.7 cm³/mol. The molecule has 1 aromatic heterocycles. The van der Waals surface area contributed by atoms with Gasteiger partial charge < -0.3 is 10.2 Å². The maximum Gasteiger partial charge on any atom is 0.228 e. The Morgan fingerprint density at radius 1 is 1.71 bits per heavy atom. The minimum Gasteiger partial charge on any atom is -0.341 e. The van der Waals surface area contributed by atoms with Gasteiger partial charge >= 0.3 is 0 Å². The normalized spacial score (nSPS) is 20.6. The molecule has 1 amide bonds. The first kappa shape index (κ1) is 12.1. The van der Waals surface area contributed by atoms with Crippen LogP contribution in [-0.4, -0.2) is 47.2 Å². The second-order valence-corrected chi connectivity index (χ2v) is 4.69. The summed E-state index contributed by atoms with van der Waals surface area (Å²) < 4.78 is 0. The van der Waals surface area contributed by atoms with Gasteiger partial charge in [0.2, 0.25) is 5.91 Å². The Balaban J connectivity index is 1.91. The highest BCUT2D eigenvalue weighted by molar-refractivity contribution is 5.78. The molecule has 5 nitrogen and oxygen atoms in total. The molecule has 2 N–H and O–H groups in total. The Kier molecular flexibility index (Phi) is 3.78. The maximum atomic E-state index is 12.1. The average molecular weight is 236 g/mol. The number of nitrogens with zero attached hydrogens (tertiary/aromatic N) is 2. The molecule has 1 aliphatic rings. The lowest BCUT2D eigenvalue weighted by molar-refractivity contribution is -0.131. The summed E-state index contributed by atoms with van der Waals surface area (Å²) in [4.78, 5) is 14.0. The van der Waals surface area contributed by atoms with Crippen LogP contribution in [0.1, 0.15) is 24.2 Å². The molecular weight excluding hydrogens is 216 g/mol. The number of amides is 1. The van der Waals surface area contributed by atoms with Crippen molar-refractivity contribution in [3.63, 3.8) is 0 Å². The van der Waals surface area contributed by atoms with E-state index in [1.165, 1.54) is 0 Å². The van der Waals surface area contributed by atoms with Crippen molar-refractivity contribution in [2.45, 2.75) is 32.2 Å². The molecule has 2 heterocycles. The molecule has 94 valence electrons. The Morgan fingerprint density at radius 3 is 3.18 bits per heavy atom. The Hall–Kier alpha value is -1.36. The average Bonchev–Trinajstić information content (AvgIpc) is 2.75. The number of hydrogen-bond acceptors (Lipinski definition) is 3. The summed E-state index contributed by atoms with van der Waals surface area (Å²) in [7, 11) is 1.95. The molecule has 1 aliphatic heterocycles. The van der Waals surface area contributed by atoms with Gasteiger partial charge in [0.05, 0.1) is 12.1 Å². The van der Waals surface area contributed by atoms with E-state index in [1.807, 2.05) is 24.9 Å². The van der Waals surface area contributed by atoms with Crippen molar-refractivity contribution in [3.8, 4) is 0 Å². The fourth-order valence-electron chi connectivity index (χ4n) is 2.27. The van der Waals surface area contributed by atoms with Crippen LogP contribution in [0.5, 0.6) is 0 Å². The first-order valence-electron chi connectivity index (χ1n) is 6.15. The maximum absolute atomic E-state index is 12.1. The molecule has 0 aliphatic carbocycles. The van der Waals surface area contributed by atoms with Gasteiger partial charge in [-0.05, 0) is 32.9 Å². The van der Waals surface area contributed by atoms with Gasteiger partial charge in [-0.15, -0.1) is 0 Å². The molecule has 0 bridgehead atoms. The molecule has 0 aromatic carbocycles. The molecule has 1 saturated heterocycles. The Bertz CT molecular complexity index is 388. The molecule has 2 rings (SSSR count). The van der Waals surface area contributed by atoms with Crippen LogP contribution in [0.15, 0.2) is 6.07 Å². The summed E-state index contributed by atoms with van der Waals surface area (Å²) in [5, 5.41) is 10.2. The molecule has 5 heteroatoms. The number of aromatic amines is 1. The first-order chi connectivity index (χ1) is 8.19. The minimum atomic E-state index is 0.177. The highest BCUT2D eigenvalue weighted by Crippen LogP contribution is 2.11. The third kappa shape index (κ3) is 3.06. The van der Waals surface area contributed by atoms with Gasteiger partial charge in [-0.1, -0.05) is 0 Å². The van der Waals surface area contributed by atoms with Crippen LogP contribution in [0, 0.1) is 6.92 Å². The predicted octanol–water partition coefficient (Wildman–Crippen LogP) is 0.471. The monoisotopic (exact) mass is 236 g/mol. The van der Waals surface area contributed by atoms with Crippen LogP contribution in [0.2, 0.25) is 0 Å². The SMILES string of the molecule is CN[C@H]1CCCN(C(=O)Cc2cc(C)[nH]n2)C1. The second kappa shape index (κ2) is 5.31. The smallest absolute Gasteiger partial charge is 0.228 e. The number of H-pyrrole nitrogens is 1. The van der Waals surface area contributed by atoms with Gasteiger partial charge in [0.1, 0.15) is 0 Å². The highest BCUT2D eigenvalue weighted by Gasteiger charge is 2.22. The molecule has 0 unspecified atom stereocenters. The van der Waals surface area contributed by atoms with Gasteiger partial charge in [-0.2, -0.15) is 5.10 Å². The Morgan fingerprint density at radius 2 is 2.53 bits per heavy atom. The lowest BCUT2D eigenvalue weighted by Gasteiger charge is -2.32. The van der Waals surface area contributed by atoms with Crippen molar-refractivity contribution < 1.29 is 4.79 Å². The summed E-state index contributed by atoms with van der Waals surface area (Å²) in [6, 6.07) is 2.37. The number of hydrogen-bond donors (Lipinski definition) is 2. The highest BCUT2D eigenvalue weighted by atomic mass is 16.2. The molecule has 1 fully saturated rings. The number of likely N-dealkylation sites (N-methyl/N-ethyl adjacent to an activating group) is 1. The van der Waals surface area contributed by atoms with Crippen LogP contribution in [0.25, 0.3) is 0 Å². The summed E-state index contributed by atoms with van der Waals surface area (Å²) in [6.45, 7) is 3.64. The van der Waals surface area contributed by atoms with E-state index in [-0.39, 0.29) is 5.91 Å². The standard InChI is InChI=1S/C12H20N4O/c1-9-6-11(15-14-9)7-12(17)16-5-3-4-10(8-16)13-2/h6,10,13H,3-5,7-8H2,1-2H3,(H,14,15)/t10-/m0/s1. The van der Waals surface area contributed by atoms with E-state index in [1.54, 1.807) is 0 Å². The summed E-state index contributed by atoms with van der Waals surface area (Å²) >= 11 is 0. The lowest BCUT2D eigenvalue weighted by atomic mass is 10.1. The zero-order chi connectivity index (χ0) is 12.3. The molecule has 17 heavy (non-hydrogen) atoms. The largest absolute Gasteiger partial charge is 0.341 e. The number of carbonyl (C=O) groups excluding carboxylic acids is 1. The van der Waals surface area contributed by atoms with E-state index < -0.39 is 0 Å². The number of likely N-dealkylation sites (tertiary alicyclic amines) is 1. The van der Waals surface area contributed by atoms with E-state index in [2.05, 4.69) is 15.5 Å². The number of nitrogens with one attached hydrogen (secondary N) is 2. The van der Waals surface area contributed by atoms with E-state index >= 15 is 0 Å². The van der Waals surface area contributed by atoms with Crippen molar-refractivity contribution in [3.05, 3.63) is 17.5 Å². The van der Waals surface area contributed by atoms with Gasteiger partial charge in [0.15, 0.2) is 0 Å². The Labute approximate surface area is 102 Å². The fourth-order valence-corrected chi connectivity index (χ4v) is 2.27. The molecule has 0 radical (unpaired) electrons. The van der Waals surface area contributed by atoms with Gasteiger partial charge in [0.25, 0.3) is 0 Å². The van der Waals surface area contributed by atoms with E-state index in [0.717, 1.165) is 37.3 Å².